The summed E-state index contributed by atoms with van der Waals surface area (Å²) in [6, 6.07) is 7.92. The van der Waals surface area contributed by atoms with Gasteiger partial charge >= 0.3 is 0 Å². The van der Waals surface area contributed by atoms with Crippen LogP contribution in [0.25, 0.3) is 0 Å². The van der Waals surface area contributed by atoms with Gasteiger partial charge in [-0.2, -0.15) is 0 Å². The van der Waals surface area contributed by atoms with Gasteiger partial charge < -0.3 is 10.4 Å². The van der Waals surface area contributed by atoms with E-state index in [9.17, 15) is 9.90 Å². The maximum Gasteiger partial charge on any atom is 0.224 e. The Hall–Kier alpha value is -1.35. The first-order chi connectivity index (χ1) is 8.65. The molecule has 1 aliphatic carbocycles. The van der Waals surface area contributed by atoms with E-state index in [1.807, 2.05) is 31.2 Å². The third-order valence-corrected chi connectivity index (χ3v) is 3.56. The molecule has 0 bridgehead atoms. The second-order valence-electron chi connectivity index (χ2n) is 5.19. The number of benzene rings is 1. The van der Waals surface area contributed by atoms with Gasteiger partial charge in [-0.15, -0.1) is 0 Å². The summed E-state index contributed by atoms with van der Waals surface area (Å²) in [5.74, 6) is 0.00445. The number of aliphatic hydroxyl groups excluding tert-OH is 1. The van der Waals surface area contributed by atoms with E-state index in [2.05, 4.69) is 5.32 Å². The summed E-state index contributed by atoms with van der Waals surface area (Å²) >= 11 is 0. The van der Waals surface area contributed by atoms with Crippen molar-refractivity contribution in [2.45, 2.75) is 51.2 Å². The highest BCUT2D eigenvalue weighted by Gasteiger charge is 2.24. The summed E-state index contributed by atoms with van der Waals surface area (Å²) in [5, 5.41) is 12.7. The number of hydrogen-bond acceptors (Lipinski definition) is 2. The number of rotatable bonds is 3. The molecule has 0 unspecified atom stereocenters. The van der Waals surface area contributed by atoms with E-state index in [0.717, 1.165) is 31.2 Å². The van der Waals surface area contributed by atoms with E-state index < -0.39 is 0 Å². The van der Waals surface area contributed by atoms with E-state index in [1.165, 1.54) is 5.56 Å². The molecular formula is C15H21NO2. The van der Waals surface area contributed by atoms with E-state index in [-0.39, 0.29) is 18.1 Å². The molecule has 3 nitrogen and oxygen atoms in total. The number of carbonyl (C=O) groups is 1. The third-order valence-electron chi connectivity index (χ3n) is 3.56. The molecule has 1 fully saturated rings. The molecule has 1 aromatic carbocycles. The topological polar surface area (TPSA) is 49.3 Å². The monoisotopic (exact) mass is 247 g/mol. The Kier molecular flexibility index (Phi) is 4.37. The van der Waals surface area contributed by atoms with Crippen molar-refractivity contribution in [1.82, 2.24) is 5.32 Å². The number of nitrogens with one attached hydrogen (secondary N) is 1. The van der Waals surface area contributed by atoms with Crippen LogP contribution in [-0.4, -0.2) is 23.2 Å². The SMILES string of the molecule is Cc1ccc(CC(=O)N[C@H]2CCCC[C@@H]2O)cc1. The molecule has 98 valence electrons. The minimum absolute atomic E-state index is 0.00445. The highest BCUT2D eigenvalue weighted by atomic mass is 16.3. The van der Waals surface area contributed by atoms with Crippen LogP contribution in [0.3, 0.4) is 0 Å². The first-order valence-electron chi connectivity index (χ1n) is 6.68. The molecule has 0 spiro atoms. The van der Waals surface area contributed by atoms with Crippen LogP contribution in [-0.2, 0) is 11.2 Å². The van der Waals surface area contributed by atoms with Gasteiger partial charge in [0, 0.05) is 0 Å². The lowest BCUT2D eigenvalue weighted by Crippen LogP contribution is -2.45. The van der Waals surface area contributed by atoms with Crippen LogP contribution in [0.4, 0.5) is 0 Å². The fourth-order valence-corrected chi connectivity index (χ4v) is 2.43. The van der Waals surface area contributed by atoms with Crippen molar-refractivity contribution >= 4 is 5.91 Å². The Bertz CT molecular complexity index is 399. The average Bonchev–Trinajstić information content (AvgIpc) is 2.35. The molecule has 1 aliphatic rings. The Morgan fingerprint density at radius 2 is 1.94 bits per heavy atom. The van der Waals surface area contributed by atoms with Gasteiger partial charge in [0.15, 0.2) is 0 Å². The third kappa shape index (κ3) is 3.57. The zero-order valence-electron chi connectivity index (χ0n) is 10.9. The van der Waals surface area contributed by atoms with Gasteiger partial charge in [0.1, 0.15) is 0 Å². The van der Waals surface area contributed by atoms with Gasteiger partial charge in [-0.1, -0.05) is 42.7 Å². The molecular weight excluding hydrogens is 226 g/mol. The van der Waals surface area contributed by atoms with Crippen molar-refractivity contribution in [3.05, 3.63) is 35.4 Å². The predicted octanol–water partition coefficient (Wildman–Crippen LogP) is 1.96. The minimum atomic E-state index is -0.374. The van der Waals surface area contributed by atoms with Gasteiger partial charge in [-0.05, 0) is 25.3 Å². The Labute approximate surface area is 108 Å². The van der Waals surface area contributed by atoms with Crippen molar-refractivity contribution in [2.75, 3.05) is 0 Å². The van der Waals surface area contributed by atoms with Gasteiger partial charge in [-0.3, -0.25) is 4.79 Å². The van der Waals surface area contributed by atoms with Crippen LogP contribution in [0.2, 0.25) is 0 Å². The summed E-state index contributed by atoms with van der Waals surface area (Å²) in [6.07, 6.45) is 3.86. The van der Waals surface area contributed by atoms with E-state index in [4.69, 9.17) is 0 Å². The first kappa shape index (κ1) is 13.1. The zero-order valence-corrected chi connectivity index (χ0v) is 10.9. The molecule has 1 saturated carbocycles. The van der Waals surface area contributed by atoms with Crippen molar-refractivity contribution in [3.8, 4) is 0 Å². The maximum atomic E-state index is 11.9. The fourth-order valence-electron chi connectivity index (χ4n) is 2.43. The van der Waals surface area contributed by atoms with Crippen molar-refractivity contribution in [2.24, 2.45) is 0 Å². The molecule has 18 heavy (non-hydrogen) atoms. The first-order valence-corrected chi connectivity index (χ1v) is 6.68. The second kappa shape index (κ2) is 6.01. The van der Waals surface area contributed by atoms with Gasteiger partial charge in [-0.25, -0.2) is 0 Å². The molecule has 2 N–H and O–H groups in total. The summed E-state index contributed by atoms with van der Waals surface area (Å²) in [5.41, 5.74) is 2.21. The summed E-state index contributed by atoms with van der Waals surface area (Å²) in [4.78, 5) is 11.9. The molecule has 3 heteroatoms. The van der Waals surface area contributed by atoms with Crippen molar-refractivity contribution < 1.29 is 9.90 Å². The van der Waals surface area contributed by atoms with Gasteiger partial charge in [0.2, 0.25) is 5.91 Å². The average molecular weight is 247 g/mol. The van der Waals surface area contributed by atoms with E-state index >= 15 is 0 Å². The molecule has 1 amide bonds. The minimum Gasteiger partial charge on any atom is -0.391 e. The van der Waals surface area contributed by atoms with Crippen LogP contribution >= 0.6 is 0 Å². The van der Waals surface area contributed by atoms with Gasteiger partial charge in [0.05, 0.1) is 18.6 Å². The predicted molar refractivity (Wildman–Crippen MR) is 71.3 cm³/mol. The fraction of sp³-hybridized carbons (Fsp3) is 0.533. The zero-order chi connectivity index (χ0) is 13.0. The normalized spacial score (nSPS) is 23.7. The van der Waals surface area contributed by atoms with Crippen LogP contribution in [0.5, 0.6) is 0 Å². The number of aliphatic hydroxyl groups is 1. The second-order valence-corrected chi connectivity index (χ2v) is 5.19. The lowest BCUT2D eigenvalue weighted by Gasteiger charge is -2.28. The molecule has 0 radical (unpaired) electrons. The number of aryl methyl sites for hydroxylation is 1. The Morgan fingerprint density at radius 1 is 1.28 bits per heavy atom. The largest absolute Gasteiger partial charge is 0.391 e. The number of amides is 1. The lowest BCUT2D eigenvalue weighted by molar-refractivity contribution is -0.122. The van der Waals surface area contributed by atoms with Gasteiger partial charge in [0.25, 0.3) is 0 Å². The summed E-state index contributed by atoms with van der Waals surface area (Å²) in [7, 11) is 0. The Balaban J connectivity index is 1.86. The molecule has 2 atom stereocenters. The van der Waals surface area contributed by atoms with Crippen LogP contribution in [0, 0.1) is 6.92 Å². The van der Waals surface area contributed by atoms with Crippen LogP contribution in [0.1, 0.15) is 36.8 Å². The van der Waals surface area contributed by atoms with E-state index in [1.54, 1.807) is 0 Å². The smallest absolute Gasteiger partial charge is 0.224 e. The maximum absolute atomic E-state index is 11.9. The van der Waals surface area contributed by atoms with Crippen molar-refractivity contribution in [3.63, 3.8) is 0 Å². The Morgan fingerprint density at radius 3 is 2.61 bits per heavy atom. The summed E-state index contributed by atoms with van der Waals surface area (Å²) < 4.78 is 0. The molecule has 1 aromatic rings. The highest BCUT2D eigenvalue weighted by Crippen LogP contribution is 2.18. The lowest BCUT2D eigenvalue weighted by atomic mass is 9.92. The quantitative estimate of drug-likeness (QED) is 0.857. The van der Waals surface area contributed by atoms with Crippen LogP contribution in [0.15, 0.2) is 24.3 Å². The van der Waals surface area contributed by atoms with Crippen LogP contribution < -0.4 is 5.32 Å². The highest BCUT2D eigenvalue weighted by molar-refractivity contribution is 5.78. The van der Waals surface area contributed by atoms with Crippen molar-refractivity contribution in [1.29, 1.82) is 0 Å². The number of carbonyl (C=O) groups excluding carboxylic acids is 1. The standard InChI is InChI=1S/C15H21NO2/c1-11-6-8-12(9-7-11)10-15(18)16-13-4-2-3-5-14(13)17/h6-9,13-14,17H,2-5,10H2,1H3,(H,16,18)/t13-,14-/m0/s1. The molecule has 0 aliphatic heterocycles. The molecule has 0 heterocycles. The molecule has 2 rings (SSSR count). The molecule has 0 saturated heterocycles. The summed E-state index contributed by atoms with van der Waals surface area (Å²) in [6.45, 7) is 2.03. The number of hydrogen-bond donors (Lipinski definition) is 2. The van der Waals surface area contributed by atoms with E-state index in [0.29, 0.717) is 6.42 Å². The molecule has 0 aromatic heterocycles.